The molecule has 0 N–H and O–H groups in total. The van der Waals surface area contributed by atoms with E-state index in [1.807, 2.05) is 39.8 Å². The summed E-state index contributed by atoms with van der Waals surface area (Å²) in [4.78, 5) is 1.89. The molecule has 0 atom stereocenters. The molecule has 0 aliphatic rings. The van der Waals surface area contributed by atoms with Gasteiger partial charge in [-0.2, -0.15) is 0 Å². The Kier molecular flexibility index (Phi) is 38.6. The predicted molar refractivity (Wildman–Crippen MR) is 51.1 cm³/mol. The third-order valence-electron chi connectivity index (χ3n) is 0.365. The fourth-order valence-electron chi connectivity index (χ4n) is 0. The quantitative estimate of drug-likeness (QED) is 0.510. The van der Waals surface area contributed by atoms with Gasteiger partial charge in [-0.1, -0.05) is 26.5 Å². The monoisotopic (exact) mass is 143 g/mol. The summed E-state index contributed by atoms with van der Waals surface area (Å²) in [5.41, 5.74) is 0. The Balaban J connectivity index is -0.0000000847. The molecule has 0 amide bonds. The summed E-state index contributed by atoms with van der Waals surface area (Å²) in [5.74, 6) is 0. The Morgan fingerprint density at radius 1 is 1.10 bits per heavy atom. The molecule has 0 aromatic rings. The van der Waals surface area contributed by atoms with Crippen molar-refractivity contribution in [3.63, 3.8) is 0 Å². The molecule has 0 spiro atoms. The number of hydrogen-bond acceptors (Lipinski definition) is 1. The third-order valence-corrected chi connectivity index (χ3v) is 0.365. The van der Waals surface area contributed by atoms with E-state index in [2.05, 4.69) is 13.2 Å². The van der Waals surface area contributed by atoms with Gasteiger partial charge in [0.25, 0.3) is 0 Å². The van der Waals surface area contributed by atoms with Crippen LogP contribution in [0.4, 0.5) is 0 Å². The summed E-state index contributed by atoms with van der Waals surface area (Å²) < 4.78 is 0. The molecule has 0 saturated heterocycles. The highest BCUT2D eigenvalue weighted by Crippen LogP contribution is 1.64. The van der Waals surface area contributed by atoms with Gasteiger partial charge in [0.2, 0.25) is 0 Å². The lowest BCUT2D eigenvalue weighted by Gasteiger charge is -1.98. The second-order valence-electron chi connectivity index (χ2n) is 1.55. The number of nitrogens with zero attached hydrogens (tertiary/aromatic N) is 1. The first kappa shape index (κ1) is 16.1. The first-order valence-corrected chi connectivity index (χ1v) is 3.55. The normalized spacial score (nSPS) is 5.30. The smallest absolute Gasteiger partial charge is 0.00554 e. The summed E-state index contributed by atoms with van der Waals surface area (Å²) in [6.07, 6.45) is 3.50. The molecule has 0 heterocycles. The number of hydrogen-bond donors (Lipinski definition) is 0. The average Bonchev–Trinajstić information content (AvgIpc) is 1.94. The van der Waals surface area contributed by atoms with Crippen LogP contribution in [-0.2, 0) is 0 Å². The van der Waals surface area contributed by atoms with E-state index in [1.165, 1.54) is 0 Å². The molecule has 62 valence electrons. The van der Waals surface area contributed by atoms with Gasteiger partial charge in [0.15, 0.2) is 0 Å². The first-order chi connectivity index (χ1) is 4.68. The zero-order chi connectivity index (χ0) is 8.99. The van der Waals surface area contributed by atoms with E-state index in [9.17, 15) is 0 Å². The van der Waals surface area contributed by atoms with Crippen LogP contribution in [0.5, 0.6) is 0 Å². The van der Waals surface area contributed by atoms with E-state index in [4.69, 9.17) is 0 Å². The molecular formula is C9H21N. The fraction of sp³-hybridized carbons (Fsp3) is 0.556. The molecule has 0 saturated carbocycles. The van der Waals surface area contributed by atoms with Gasteiger partial charge in [0.05, 0.1) is 0 Å². The van der Waals surface area contributed by atoms with Gasteiger partial charge < -0.3 is 4.90 Å². The summed E-state index contributed by atoms with van der Waals surface area (Å²) >= 11 is 0. The molecule has 0 aromatic carbocycles. The van der Waals surface area contributed by atoms with Crippen LogP contribution in [0.3, 0.4) is 0 Å². The van der Waals surface area contributed by atoms with Crippen LogP contribution < -0.4 is 0 Å². The van der Waals surface area contributed by atoms with E-state index in [0.717, 1.165) is 0 Å². The van der Waals surface area contributed by atoms with Gasteiger partial charge in [-0.15, -0.1) is 6.58 Å². The molecule has 1 heteroatoms. The highest BCUT2D eigenvalue weighted by atomic mass is 15.0. The zero-order valence-electron chi connectivity index (χ0n) is 8.02. The number of rotatable bonds is 1. The van der Waals surface area contributed by atoms with Crippen molar-refractivity contribution in [2.24, 2.45) is 0 Å². The molecule has 10 heavy (non-hydrogen) atoms. The van der Waals surface area contributed by atoms with Crippen molar-refractivity contribution in [2.45, 2.75) is 20.8 Å². The second kappa shape index (κ2) is 24.0. The first-order valence-electron chi connectivity index (χ1n) is 3.55. The lowest BCUT2D eigenvalue weighted by Crippen LogP contribution is -1.97. The standard InChI is InChI=1S/C4H9N.C3H6.C2H6/c1-4-5(2)3;1-3-2;1-2/h4H,1H2,2-3H3;3H,1H2,2H3;1-2H3. The lowest BCUT2D eigenvalue weighted by atomic mass is 10.8. The SMILES string of the molecule is C=CC.C=CN(C)C.CC. The van der Waals surface area contributed by atoms with Gasteiger partial charge in [-0.05, 0) is 13.1 Å². The largest absolute Gasteiger partial charge is 0.384 e. The minimum Gasteiger partial charge on any atom is -0.384 e. The Morgan fingerprint density at radius 2 is 1.20 bits per heavy atom. The molecule has 0 fully saturated rings. The Labute approximate surface area is 66.1 Å². The van der Waals surface area contributed by atoms with Crippen LogP contribution in [-0.4, -0.2) is 19.0 Å². The van der Waals surface area contributed by atoms with E-state index < -0.39 is 0 Å². The van der Waals surface area contributed by atoms with Gasteiger partial charge >= 0.3 is 0 Å². The highest BCUT2D eigenvalue weighted by Gasteiger charge is 1.62. The van der Waals surface area contributed by atoms with Gasteiger partial charge in [-0.25, -0.2) is 0 Å². The number of allylic oxidation sites excluding steroid dienone is 1. The van der Waals surface area contributed by atoms with Crippen LogP contribution >= 0.6 is 0 Å². The van der Waals surface area contributed by atoms with E-state index in [0.29, 0.717) is 0 Å². The van der Waals surface area contributed by atoms with E-state index in [1.54, 1.807) is 12.3 Å². The molecule has 1 nitrogen and oxygen atoms in total. The molecular weight excluding hydrogens is 122 g/mol. The Bertz CT molecular complexity index is 55.7. The third kappa shape index (κ3) is 175. The van der Waals surface area contributed by atoms with Crippen molar-refractivity contribution >= 4 is 0 Å². The maximum atomic E-state index is 3.49. The lowest BCUT2D eigenvalue weighted by molar-refractivity contribution is 0.566. The Hall–Kier alpha value is -0.720. The van der Waals surface area contributed by atoms with Crippen LogP contribution in [0.2, 0.25) is 0 Å². The van der Waals surface area contributed by atoms with E-state index >= 15 is 0 Å². The van der Waals surface area contributed by atoms with Gasteiger partial charge in [0.1, 0.15) is 0 Å². The van der Waals surface area contributed by atoms with Crippen molar-refractivity contribution in [1.29, 1.82) is 0 Å². The molecule has 0 aromatic heterocycles. The second-order valence-corrected chi connectivity index (χ2v) is 1.55. The fourth-order valence-corrected chi connectivity index (χ4v) is 0. The predicted octanol–water partition coefficient (Wildman–Crippen LogP) is 2.91. The van der Waals surface area contributed by atoms with Crippen LogP contribution in [0.25, 0.3) is 0 Å². The van der Waals surface area contributed by atoms with Gasteiger partial charge in [0, 0.05) is 14.1 Å². The maximum Gasteiger partial charge on any atom is 0.00554 e. The average molecular weight is 143 g/mol. The van der Waals surface area contributed by atoms with Crippen LogP contribution in [0.1, 0.15) is 20.8 Å². The highest BCUT2D eigenvalue weighted by molar-refractivity contribution is 4.59. The minimum atomic E-state index is 1.75. The van der Waals surface area contributed by atoms with Crippen LogP contribution in [0.15, 0.2) is 25.4 Å². The molecule has 0 rings (SSSR count). The van der Waals surface area contributed by atoms with Crippen LogP contribution in [0, 0.1) is 0 Å². The maximum absolute atomic E-state index is 3.49. The summed E-state index contributed by atoms with van der Waals surface area (Å²) in [6, 6.07) is 0. The van der Waals surface area contributed by atoms with Crippen molar-refractivity contribution in [2.75, 3.05) is 14.1 Å². The minimum absolute atomic E-state index is 1.75. The molecule has 0 radical (unpaired) electrons. The molecule has 0 aliphatic heterocycles. The zero-order valence-corrected chi connectivity index (χ0v) is 8.02. The summed E-state index contributed by atoms with van der Waals surface area (Å²) in [7, 11) is 3.88. The summed E-state index contributed by atoms with van der Waals surface area (Å²) in [5, 5.41) is 0. The van der Waals surface area contributed by atoms with Crippen molar-refractivity contribution in [3.05, 3.63) is 25.4 Å². The molecule has 0 aliphatic carbocycles. The van der Waals surface area contributed by atoms with Crippen molar-refractivity contribution in [3.8, 4) is 0 Å². The van der Waals surface area contributed by atoms with Crippen molar-refractivity contribution in [1.82, 2.24) is 4.90 Å². The molecule has 0 unspecified atom stereocenters. The van der Waals surface area contributed by atoms with Gasteiger partial charge in [-0.3, -0.25) is 0 Å². The van der Waals surface area contributed by atoms with Crippen molar-refractivity contribution < 1.29 is 0 Å². The topological polar surface area (TPSA) is 3.24 Å². The molecule has 0 bridgehead atoms. The Morgan fingerprint density at radius 3 is 1.20 bits per heavy atom. The van der Waals surface area contributed by atoms with E-state index in [-0.39, 0.29) is 0 Å². The summed E-state index contributed by atoms with van der Waals surface area (Å²) in [6.45, 7) is 12.7.